The molecule has 0 fully saturated rings. The number of nitrogens with zero attached hydrogens (tertiary/aromatic N) is 6. The molecule has 9 nitrogen and oxygen atoms in total. The van der Waals surface area contributed by atoms with Crippen LogP contribution in [0.5, 0.6) is 0 Å². The maximum atomic E-state index is 14.2. The van der Waals surface area contributed by atoms with Gasteiger partial charge in [0.15, 0.2) is 11.5 Å². The second-order valence-corrected chi connectivity index (χ2v) is 8.10. The Bertz CT molecular complexity index is 1470. The predicted octanol–water partition coefficient (Wildman–Crippen LogP) is 4.44. The average Bonchev–Trinajstić information content (AvgIpc) is 3.18. The largest absolute Gasteiger partial charge is 0.390 e. The molecule has 0 aliphatic rings. The molecule has 0 aliphatic heterocycles. The number of pyridine rings is 2. The van der Waals surface area contributed by atoms with Crippen LogP contribution in [-0.4, -0.2) is 55.0 Å². The van der Waals surface area contributed by atoms with Crippen molar-refractivity contribution in [3.8, 4) is 11.5 Å². The summed E-state index contributed by atoms with van der Waals surface area (Å²) in [5.41, 5.74) is 0.121. The van der Waals surface area contributed by atoms with E-state index in [2.05, 4.69) is 35.7 Å². The van der Waals surface area contributed by atoms with Crippen molar-refractivity contribution >= 4 is 28.6 Å². The molecule has 0 saturated heterocycles. The first-order chi connectivity index (χ1) is 18.1. The molecule has 15 heteroatoms. The summed E-state index contributed by atoms with van der Waals surface area (Å²) in [5, 5.41) is 9.41. The molecule has 0 radical (unpaired) electrons. The fourth-order valence-electron chi connectivity index (χ4n) is 3.65. The molecule has 0 unspecified atom stereocenters. The van der Waals surface area contributed by atoms with Crippen molar-refractivity contribution in [1.82, 2.24) is 29.7 Å². The summed E-state index contributed by atoms with van der Waals surface area (Å²) in [5.74, 6) is -2.47. The van der Waals surface area contributed by atoms with Gasteiger partial charge in [-0.25, -0.2) is 28.4 Å². The van der Waals surface area contributed by atoms with Crippen LogP contribution < -0.4 is 10.6 Å². The number of nitrogens with one attached hydrogen (secondary N) is 2. The van der Waals surface area contributed by atoms with Gasteiger partial charge in [0.05, 0.1) is 36.9 Å². The molecule has 1 amide bonds. The third-order valence-electron chi connectivity index (χ3n) is 5.25. The molecule has 4 aromatic heterocycles. The highest BCUT2D eigenvalue weighted by Gasteiger charge is 2.27. The van der Waals surface area contributed by atoms with Crippen LogP contribution in [0.4, 0.5) is 38.0 Å². The zero-order valence-corrected chi connectivity index (χ0v) is 19.8. The number of fused-ring (bicyclic) bond motifs is 1. The van der Waals surface area contributed by atoms with E-state index >= 15 is 0 Å². The number of anilines is 2. The van der Waals surface area contributed by atoms with Crippen LogP contribution in [0.1, 0.15) is 24.6 Å². The average molecular weight is 538 g/mol. The van der Waals surface area contributed by atoms with Gasteiger partial charge in [0.2, 0.25) is 5.91 Å². The van der Waals surface area contributed by atoms with Crippen molar-refractivity contribution in [2.24, 2.45) is 0 Å². The number of rotatable bonds is 9. The van der Waals surface area contributed by atoms with Gasteiger partial charge in [-0.15, -0.1) is 0 Å². The molecule has 38 heavy (non-hydrogen) atoms. The Kier molecular flexibility index (Phi) is 7.73. The van der Waals surface area contributed by atoms with Crippen LogP contribution >= 0.6 is 0 Å². The first-order valence-electron chi connectivity index (χ1n) is 11.2. The lowest BCUT2D eigenvalue weighted by Gasteiger charge is -2.16. The van der Waals surface area contributed by atoms with E-state index in [9.17, 15) is 31.1 Å². The zero-order chi connectivity index (χ0) is 27.4. The second kappa shape index (κ2) is 11.0. The maximum Gasteiger partial charge on any atom is 0.390 e. The van der Waals surface area contributed by atoms with Gasteiger partial charge in [0.1, 0.15) is 29.0 Å². The molecule has 0 saturated carbocycles. The minimum atomic E-state index is -4.47. The van der Waals surface area contributed by atoms with Gasteiger partial charge >= 0.3 is 6.18 Å². The smallest absolute Gasteiger partial charge is 0.369 e. The normalized spacial score (nSPS) is 11.7. The summed E-state index contributed by atoms with van der Waals surface area (Å²) in [4.78, 5) is 28.3. The van der Waals surface area contributed by atoms with Crippen LogP contribution in [0.15, 0.2) is 30.6 Å². The van der Waals surface area contributed by atoms with Crippen molar-refractivity contribution in [3.63, 3.8) is 0 Å². The molecule has 4 aromatic rings. The number of hydrogen-bond donors (Lipinski definition) is 2. The molecular weight excluding hydrogens is 518 g/mol. The van der Waals surface area contributed by atoms with Crippen LogP contribution in [0.25, 0.3) is 22.6 Å². The van der Waals surface area contributed by atoms with Crippen molar-refractivity contribution in [2.75, 3.05) is 23.9 Å². The van der Waals surface area contributed by atoms with E-state index in [-0.39, 0.29) is 58.4 Å². The number of halogens is 6. The third-order valence-corrected chi connectivity index (χ3v) is 5.25. The van der Waals surface area contributed by atoms with E-state index in [4.69, 9.17) is 0 Å². The van der Waals surface area contributed by atoms with Gasteiger partial charge in [-0.05, 0) is 18.2 Å². The van der Waals surface area contributed by atoms with Gasteiger partial charge in [-0.1, -0.05) is 0 Å². The Morgan fingerprint density at radius 1 is 1.13 bits per heavy atom. The first kappa shape index (κ1) is 26.8. The molecule has 0 spiro atoms. The van der Waals surface area contributed by atoms with E-state index in [1.165, 1.54) is 29.9 Å². The summed E-state index contributed by atoms with van der Waals surface area (Å²) in [6.07, 6.45) is -3.68. The fraction of sp³-hybridized carbons (Fsp3) is 0.304. The monoisotopic (exact) mass is 538 g/mol. The topological polar surface area (TPSA) is 111 Å². The van der Waals surface area contributed by atoms with E-state index in [1.54, 1.807) is 0 Å². The highest BCUT2D eigenvalue weighted by atomic mass is 19.4. The van der Waals surface area contributed by atoms with Crippen LogP contribution in [0.2, 0.25) is 0 Å². The standard InChI is InChI=1S/C23H20F6N8O/c1-12(38)33-20-14(4-6-24)19(31-8-5-23(27,28)29)34-21(35-20)18-15-9-13(25)10-32-22(15)37(36-18)11-17-16(26)3-2-7-30-17/h2-3,7,9-10H,4-6,8,11H2,1H3,(H2,31,33,34,35,38). The van der Waals surface area contributed by atoms with Crippen LogP contribution in [0, 0.1) is 11.6 Å². The quantitative estimate of drug-likeness (QED) is 0.303. The summed E-state index contributed by atoms with van der Waals surface area (Å²) in [6, 6.07) is 3.69. The molecule has 4 heterocycles. The minimum Gasteiger partial charge on any atom is -0.369 e. The van der Waals surface area contributed by atoms with Gasteiger partial charge < -0.3 is 10.6 Å². The lowest BCUT2D eigenvalue weighted by molar-refractivity contribution is -0.131. The molecule has 0 aliphatic carbocycles. The summed E-state index contributed by atoms with van der Waals surface area (Å²) < 4.78 is 81.2. The van der Waals surface area contributed by atoms with Crippen LogP contribution in [-0.2, 0) is 17.8 Å². The Morgan fingerprint density at radius 2 is 1.89 bits per heavy atom. The van der Waals surface area contributed by atoms with E-state index < -0.39 is 43.4 Å². The van der Waals surface area contributed by atoms with Crippen molar-refractivity contribution in [1.29, 1.82) is 0 Å². The second-order valence-electron chi connectivity index (χ2n) is 8.10. The number of carbonyl (C=O) groups excluding carboxylic acids is 1. The summed E-state index contributed by atoms with van der Waals surface area (Å²) in [6.45, 7) is -0.534. The number of alkyl halides is 4. The summed E-state index contributed by atoms with van der Waals surface area (Å²) in [7, 11) is 0. The maximum absolute atomic E-state index is 14.2. The Labute approximate surface area is 211 Å². The minimum absolute atomic E-state index is 0.0160. The van der Waals surface area contributed by atoms with Crippen molar-refractivity contribution in [3.05, 3.63) is 53.5 Å². The molecule has 0 atom stereocenters. The van der Waals surface area contributed by atoms with E-state index in [0.29, 0.717) is 0 Å². The van der Waals surface area contributed by atoms with Gasteiger partial charge in [0.25, 0.3) is 0 Å². The zero-order valence-electron chi connectivity index (χ0n) is 19.8. The number of aromatic nitrogens is 6. The third kappa shape index (κ3) is 6.15. The number of hydrogen-bond acceptors (Lipinski definition) is 7. The lowest BCUT2D eigenvalue weighted by atomic mass is 10.2. The molecule has 2 N–H and O–H groups in total. The van der Waals surface area contributed by atoms with E-state index in [1.807, 2.05) is 0 Å². The van der Waals surface area contributed by atoms with Gasteiger partial charge in [-0.2, -0.15) is 18.3 Å². The highest BCUT2D eigenvalue weighted by Crippen LogP contribution is 2.31. The predicted molar refractivity (Wildman–Crippen MR) is 125 cm³/mol. The number of amides is 1. The Hall–Kier alpha value is -4.30. The summed E-state index contributed by atoms with van der Waals surface area (Å²) >= 11 is 0. The van der Waals surface area contributed by atoms with Gasteiger partial charge in [-0.3, -0.25) is 14.2 Å². The Morgan fingerprint density at radius 3 is 2.58 bits per heavy atom. The molecule has 0 bridgehead atoms. The molecule has 0 aromatic carbocycles. The van der Waals surface area contributed by atoms with Crippen molar-refractivity contribution < 1.29 is 31.1 Å². The highest BCUT2D eigenvalue weighted by molar-refractivity contribution is 5.92. The van der Waals surface area contributed by atoms with E-state index in [0.717, 1.165) is 12.3 Å². The first-order valence-corrected chi connectivity index (χ1v) is 11.2. The lowest BCUT2D eigenvalue weighted by Crippen LogP contribution is -2.18. The fourth-order valence-corrected chi connectivity index (χ4v) is 3.65. The van der Waals surface area contributed by atoms with Crippen molar-refractivity contribution in [2.45, 2.75) is 32.5 Å². The molecular formula is C23H20F6N8O. The Balaban J connectivity index is 1.87. The molecule has 200 valence electrons. The molecule has 4 rings (SSSR count). The van der Waals surface area contributed by atoms with Gasteiger partial charge in [0, 0.05) is 31.6 Å². The van der Waals surface area contributed by atoms with Crippen LogP contribution in [0.3, 0.4) is 0 Å². The SMILES string of the molecule is CC(=O)Nc1nc(-c2nn(Cc3ncccc3F)c3ncc(F)cc23)nc(NCCC(F)(F)F)c1CCF. The number of carbonyl (C=O) groups is 1.